The van der Waals surface area contributed by atoms with Crippen LogP contribution >= 0.6 is 0 Å². The van der Waals surface area contributed by atoms with Crippen LogP contribution in [0.2, 0.25) is 0 Å². The fourth-order valence-corrected chi connectivity index (χ4v) is 3.06. The molecule has 0 spiro atoms. The van der Waals surface area contributed by atoms with Crippen LogP contribution < -0.4 is 10.2 Å². The Kier molecular flexibility index (Phi) is 5.98. The van der Waals surface area contributed by atoms with Gasteiger partial charge in [0, 0.05) is 12.3 Å². The maximum atomic E-state index is 12.7. The van der Waals surface area contributed by atoms with Gasteiger partial charge in [0.1, 0.15) is 9.84 Å². The lowest BCUT2D eigenvalue weighted by molar-refractivity contribution is 0.245. The van der Waals surface area contributed by atoms with E-state index in [1.165, 1.54) is 6.26 Å². The zero-order valence-electron chi connectivity index (χ0n) is 13.8. The number of carbonyl (C=O) groups is 1. The van der Waals surface area contributed by atoms with E-state index in [2.05, 4.69) is 5.32 Å². The smallest absolute Gasteiger partial charge is 0.326 e. The van der Waals surface area contributed by atoms with Crippen LogP contribution in [0.3, 0.4) is 0 Å². The highest BCUT2D eigenvalue weighted by Gasteiger charge is 2.19. The first-order valence-corrected chi connectivity index (χ1v) is 9.81. The zero-order valence-corrected chi connectivity index (χ0v) is 14.7. The van der Waals surface area contributed by atoms with Crippen LogP contribution in [-0.4, -0.2) is 32.5 Å². The monoisotopic (exact) mass is 346 g/mol. The summed E-state index contributed by atoms with van der Waals surface area (Å²) in [6.45, 7) is 1.80. The van der Waals surface area contributed by atoms with Gasteiger partial charge in [-0.3, -0.25) is 4.90 Å². The fourth-order valence-electron chi connectivity index (χ4n) is 2.28. The Labute approximate surface area is 143 Å². The van der Waals surface area contributed by atoms with Gasteiger partial charge in [-0.05, 0) is 37.6 Å². The summed E-state index contributed by atoms with van der Waals surface area (Å²) in [5.41, 5.74) is 1.49. The summed E-state index contributed by atoms with van der Waals surface area (Å²) >= 11 is 0. The Morgan fingerprint density at radius 1 is 1.00 bits per heavy atom. The Balaban J connectivity index is 2.17. The van der Waals surface area contributed by atoms with Gasteiger partial charge >= 0.3 is 6.03 Å². The average molecular weight is 346 g/mol. The van der Waals surface area contributed by atoms with Crippen molar-refractivity contribution in [2.24, 2.45) is 0 Å². The SMILES string of the molecule is C[C@@H](CCS(C)(=O)=O)NC(=O)N(c1ccccc1)c1ccccc1. The fraction of sp³-hybridized carbons (Fsp3) is 0.278. The minimum Gasteiger partial charge on any atom is -0.335 e. The second kappa shape index (κ2) is 7.97. The van der Waals surface area contributed by atoms with E-state index in [-0.39, 0.29) is 17.8 Å². The zero-order chi connectivity index (χ0) is 17.6. The molecule has 24 heavy (non-hydrogen) atoms. The van der Waals surface area contributed by atoms with Crippen LogP contribution in [-0.2, 0) is 9.84 Å². The molecule has 0 aliphatic carbocycles. The molecule has 6 heteroatoms. The lowest BCUT2D eigenvalue weighted by Crippen LogP contribution is -2.42. The van der Waals surface area contributed by atoms with Gasteiger partial charge < -0.3 is 5.32 Å². The van der Waals surface area contributed by atoms with Crippen molar-refractivity contribution in [3.63, 3.8) is 0 Å². The first-order chi connectivity index (χ1) is 11.4. The summed E-state index contributed by atoms with van der Waals surface area (Å²) in [6.07, 6.45) is 1.57. The standard InChI is InChI=1S/C18H22N2O3S/c1-15(13-14-24(2,22)23)19-18(21)20(16-9-5-3-6-10-16)17-11-7-4-8-12-17/h3-12,15H,13-14H2,1-2H3,(H,19,21)/t15-/m0/s1. The van der Waals surface area contributed by atoms with E-state index in [9.17, 15) is 13.2 Å². The normalized spacial score (nSPS) is 12.4. The van der Waals surface area contributed by atoms with Crippen LogP contribution in [0.5, 0.6) is 0 Å². The molecule has 1 N–H and O–H groups in total. The molecule has 0 aliphatic rings. The van der Waals surface area contributed by atoms with Gasteiger partial charge in [0.05, 0.1) is 17.1 Å². The quantitative estimate of drug-likeness (QED) is 0.872. The molecule has 0 bridgehead atoms. The predicted octanol–water partition coefficient (Wildman–Crippen LogP) is 3.36. The first-order valence-electron chi connectivity index (χ1n) is 7.75. The Morgan fingerprint density at radius 2 is 1.46 bits per heavy atom. The maximum absolute atomic E-state index is 12.7. The number of urea groups is 1. The molecule has 2 amide bonds. The van der Waals surface area contributed by atoms with Crippen molar-refractivity contribution in [1.29, 1.82) is 0 Å². The highest BCUT2D eigenvalue weighted by molar-refractivity contribution is 7.90. The molecule has 2 aromatic carbocycles. The van der Waals surface area contributed by atoms with E-state index in [1.54, 1.807) is 11.8 Å². The predicted molar refractivity (Wildman–Crippen MR) is 97.3 cm³/mol. The van der Waals surface area contributed by atoms with Gasteiger partial charge in [-0.25, -0.2) is 13.2 Å². The molecular weight excluding hydrogens is 324 g/mol. The number of sulfone groups is 1. The molecule has 0 unspecified atom stereocenters. The first kappa shape index (κ1) is 18.0. The molecular formula is C18H22N2O3S. The second-order valence-electron chi connectivity index (χ2n) is 5.78. The molecule has 2 rings (SSSR count). The number of nitrogens with one attached hydrogen (secondary N) is 1. The number of benzene rings is 2. The molecule has 0 aromatic heterocycles. The number of nitrogens with zero attached hydrogens (tertiary/aromatic N) is 1. The van der Waals surface area contributed by atoms with E-state index in [4.69, 9.17) is 0 Å². The minimum atomic E-state index is -3.04. The summed E-state index contributed by atoms with van der Waals surface area (Å²) in [7, 11) is -3.04. The summed E-state index contributed by atoms with van der Waals surface area (Å²) in [4.78, 5) is 14.3. The number of carbonyl (C=O) groups excluding carboxylic acids is 1. The van der Waals surface area contributed by atoms with Crippen molar-refractivity contribution in [1.82, 2.24) is 5.32 Å². The third-order valence-corrected chi connectivity index (χ3v) is 4.50. The Morgan fingerprint density at radius 3 is 1.88 bits per heavy atom. The molecule has 0 aliphatic heterocycles. The molecule has 2 aromatic rings. The van der Waals surface area contributed by atoms with E-state index >= 15 is 0 Å². The third-order valence-electron chi connectivity index (χ3n) is 3.52. The van der Waals surface area contributed by atoms with Gasteiger partial charge in [-0.1, -0.05) is 36.4 Å². The van der Waals surface area contributed by atoms with Crippen LogP contribution in [0.1, 0.15) is 13.3 Å². The molecule has 0 saturated heterocycles. The van der Waals surface area contributed by atoms with Gasteiger partial charge in [0.25, 0.3) is 0 Å². The van der Waals surface area contributed by atoms with Crippen molar-refractivity contribution in [3.05, 3.63) is 60.7 Å². The lowest BCUT2D eigenvalue weighted by Gasteiger charge is -2.25. The summed E-state index contributed by atoms with van der Waals surface area (Å²) < 4.78 is 22.6. The van der Waals surface area contributed by atoms with Crippen molar-refractivity contribution < 1.29 is 13.2 Å². The Hall–Kier alpha value is -2.34. The van der Waals surface area contributed by atoms with E-state index in [0.29, 0.717) is 6.42 Å². The van der Waals surface area contributed by atoms with Crippen molar-refractivity contribution >= 4 is 27.2 Å². The topological polar surface area (TPSA) is 66.5 Å². The van der Waals surface area contributed by atoms with Crippen LogP contribution in [0.4, 0.5) is 16.2 Å². The summed E-state index contributed by atoms with van der Waals surface area (Å²) in [5, 5.41) is 2.87. The number of amides is 2. The number of hydrogen-bond acceptors (Lipinski definition) is 3. The lowest BCUT2D eigenvalue weighted by atomic mass is 10.2. The van der Waals surface area contributed by atoms with Gasteiger partial charge in [-0.15, -0.1) is 0 Å². The number of anilines is 2. The van der Waals surface area contributed by atoms with E-state index in [0.717, 1.165) is 11.4 Å². The van der Waals surface area contributed by atoms with Crippen molar-refractivity contribution in [3.8, 4) is 0 Å². The number of para-hydroxylation sites is 2. The van der Waals surface area contributed by atoms with Gasteiger partial charge in [0.15, 0.2) is 0 Å². The highest BCUT2D eigenvalue weighted by Crippen LogP contribution is 2.25. The van der Waals surface area contributed by atoms with Crippen molar-refractivity contribution in [2.45, 2.75) is 19.4 Å². The molecule has 0 saturated carbocycles. The maximum Gasteiger partial charge on any atom is 0.326 e. The van der Waals surface area contributed by atoms with Crippen LogP contribution in [0, 0.1) is 0 Å². The van der Waals surface area contributed by atoms with E-state index in [1.807, 2.05) is 60.7 Å². The Bertz CT molecular complexity index is 722. The molecule has 5 nitrogen and oxygen atoms in total. The number of rotatable bonds is 6. The van der Waals surface area contributed by atoms with Crippen molar-refractivity contribution in [2.75, 3.05) is 16.9 Å². The molecule has 1 atom stereocenters. The minimum absolute atomic E-state index is 0.0467. The molecule has 0 radical (unpaired) electrons. The summed E-state index contributed by atoms with van der Waals surface area (Å²) in [5.74, 6) is 0.0467. The van der Waals surface area contributed by atoms with Gasteiger partial charge in [0.2, 0.25) is 0 Å². The molecule has 0 heterocycles. The number of hydrogen-bond donors (Lipinski definition) is 1. The van der Waals surface area contributed by atoms with Crippen LogP contribution in [0.25, 0.3) is 0 Å². The third kappa shape index (κ3) is 5.38. The van der Waals surface area contributed by atoms with Crippen LogP contribution in [0.15, 0.2) is 60.7 Å². The average Bonchev–Trinajstić information content (AvgIpc) is 2.54. The molecule has 0 fully saturated rings. The van der Waals surface area contributed by atoms with Gasteiger partial charge in [-0.2, -0.15) is 0 Å². The van der Waals surface area contributed by atoms with E-state index < -0.39 is 9.84 Å². The second-order valence-corrected chi connectivity index (χ2v) is 8.04. The highest BCUT2D eigenvalue weighted by atomic mass is 32.2. The molecule has 128 valence electrons. The largest absolute Gasteiger partial charge is 0.335 e. The summed E-state index contributed by atoms with van der Waals surface area (Å²) in [6, 6.07) is 18.1.